The smallest absolute Gasteiger partial charge is 0.268 e. The highest BCUT2D eigenvalue weighted by Crippen LogP contribution is 2.20. The van der Waals surface area contributed by atoms with Gasteiger partial charge in [0.25, 0.3) is 5.91 Å². The van der Waals surface area contributed by atoms with Gasteiger partial charge in [-0.1, -0.05) is 23.2 Å². The first kappa shape index (κ1) is 17.4. The molecule has 0 saturated heterocycles. The molecule has 1 N–H and O–H groups in total. The molecule has 130 valence electrons. The zero-order chi connectivity index (χ0) is 18.0. The lowest BCUT2D eigenvalue weighted by atomic mass is 10.2. The van der Waals surface area contributed by atoms with Crippen LogP contribution in [0.25, 0.3) is 10.9 Å². The number of aryl methyl sites for hydroxylation is 2. The number of hydrogen-bond donors (Lipinski definition) is 1. The molecule has 0 aliphatic carbocycles. The molecular formula is C20H21ClN2O2. The quantitative estimate of drug-likeness (QED) is 0.739. The van der Waals surface area contributed by atoms with Gasteiger partial charge in [0.05, 0.1) is 6.04 Å². The van der Waals surface area contributed by atoms with Crippen LogP contribution in [0, 0.1) is 6.92 Å². The van der Waals surface area contributed by atoms with Gasteiger partial charge in [-0.05, 0) is 56.3 Å². The van der Waals surface area contributed by atoms with Gasteiger partial charge >= 0.3 is 0 Å². The van der Waals surface area contributed by atoms with Crippen LogP contribution in [0.1, 0.15) is 23.0 Å². The van der Waals surface area contributed by atoms with Crippen LogP contribution in [0.2, 0.25) is 5.02 Å². The Hall–Kier alpha value is -2.46. The largest absolute Gasteiger partial charge is 0.491 e. The number of carbonyl (C=O) groups excluding carboxylic acids is 1. The van der Waals surface area contributed by atoms with Gasteiger partial charge in [-0.25, -0.2) is 0 Å². The second kappa shape index (κ2) is 7.19. The molecule has 0 saturated carbocycles. The molecule has 0 bridgehead atoms. The molecule has 1 heterocycles. The molecule has 0 aliphatic rings. The summed E-state index contributed by atoms with van der Waals surface area (Å²) < 4.78 is 7.60. The maximum Gasteiger partial charge on any atom is 0.268 e. The number of nitrogens with zero attached hydrogens (tertiary/aromatic N) is 1. The molecule has 1 unspecified atom stereocenters. The molecule has 1 amide bonds. The summed E-state index contributed by atoms with van der Waals surface area (Å²) in [5.74, 6) is 0.620. The molecule has 0 spiro atoms. The standard InChI is InChI=1S/C20H21ClN2O2/c1-13-4-9-18-15(10-13)11-19(23(18)3)20(24)22-14(2)12-25-17-7-5-16(21)6-8-17/h4-11,14H,12H2,1-3H3,(H,22,24). The van der Waals surface area contributed by atoms with E-state index in [1.54, 1.807) is 12.1 Å². The van der Waals surface area contributed by atoms with E-state index >= 15 is 0 Å². The van der Waals surface area contributed by atoms with E-state index in [0.29, 0.717) is 17.3 Å². The molecule has 3 aromatic rings. The Morgan fingerprint density at radius 2 is 1.92 bits per heavy atom. The van der Waals surface area contributed by atoms with Gasteiger partial charge in [-0.3, -0.25) is 4.79 Å². The third kappa shape index (κ3) is 3.97. The first-order valence-corrected chi connectivity index (χ1v) is 8.57. The third-order valence-electron chi connectivity index (χ3n) is 4.12. The predicted molar refractivity (Wildman–Crippen MR) is 102 cm³/mol. The van der Waals surface area contributed by atoms with Crippen molar-refractivity contribution in [1.82, 2.24) is 9.88 Å². The SMILES string of the molecule is Cc1ccc2c(c1)cc(C(=O)NC(C)COc1ccc(Cl)cc1)n2C. The molecule has 25 heavy (non-hydrogen) atoms. The Bertz CT molecular complexity index is 900. The summed E-state index contributed by atoms with van der Waals surface area (Å²) in [6.45, 7) is 4.35. The highest BCUT2D eigenvalue weighted by Gasteiger charge is 2.15. The summed E-state index contributed by atoms with van der Waals surface area (Å²) in [5.41, 5.74) is 2.86. The number of ether oxygens (including phenoxy) is 1. The number of carbonyl (C=O) groups is 1. The van der Waals surface area contributed by atoms with Gasteiger partial charge in [0, 0.05) is 23.0 Å². The number of aromatic nitrogens is 1. The Balaban J connectivity index is 1.65. The van der Waals surface area contributed by atoms with E-state index in [0.717, 1.165) is 16.7 Å². The van der Waals surface area contributed by atoms with E-state index in [1.165, 1.54) is 5.56 Å². The summed E-state index contributed by atoms with van der Waals surface area (Å²) in [5, 5.41) is 4.72. The minimum absolute atomic E-state index is 0.108. The number of rotatable bonds is 5. The van der Waals surface area contributed by atoms with E-state index in [4.69, 9.17) is 16.3 Å². The first-order valence-electron chi connectivity index (χ1n) is 8.19. The molecule has 4 nitrogen and oxygen atoms in total. The van der Waals surface area contributed by atoms with Crippen LogP contribution in [0.5, 0.6) is 5.75 Å². The van der Waals surface area contributed by atoms with Gasteiger partial charge in [-0.2, -0.15) is 0 Å². The van der Waals surface area contributed by atoms with E-state index in [2.05, 4.69) is 11.4 Å². The maximum atomic E-state index is 12.6. The van der Waals surface area contributed by atoms with Crippen molar-refractivity contribution in [2.45, 2.75) is 19.9 Å². The predicted octanol–water partition coefficient (Wildman–Crippen LogP) is 4.34. The van der Waals surface area contributed by atoms with Crippen LogP contribution in [-0.2, 0) is 7.05 Å². The van der Waals surface area contributed by atoms with Crippen LogP contribution in [-0.4, -0.2) is 23.1 Å². The molecular weight excluding hydrogens is 336 g/mol. The average Bonchev–Trinajstić information content (AvgIpc) is 2.90. The number of nitrogens with one attached hydrogen (secondary N) is 1. The van der Waals surface area contributed by atoms with Crippen LogP contribution in [0.15, 0.2) is 48.5 Å². The van der Waals surface area contributed by atoms with Gasteiger partial charge in [0.2, 0.25) is 0 Å². The van der Waals surface area contributed by atoms with E-state index < -0.39 is 0 Å². The van der Waals surface area contributed by atoms with Crippen molar-refractivity contribution in [1.29, 1.82) is 0 Å². The minimum Gasteiger partial charge on any atom is -0.491 e. The maximum absolute atomic E-state index is 12.6. The lowest BCUT2D eigenvalue weighted by Gasteiger charge is -2.15. The zero-order valence-corrected chi connectivity index (χ0v) is 15.3. The first-order chi connectivity index (χ1) is 11.9. The molecule has 1 atom stereocenters. The van der Waals surface area contributed by atoms with Crippen LogP contribution < -0.4 is 10.1 Å². The summed E-state index contributed by atoms with van der Waals surface area (Å²) in [6.07, 6.45) is 0. The van der Waals surface area contributed by atoms with Crippen molar-refractivity contribution in [3.8, 4) is 5.75 Å². The fourth-order valence-electron chi connectivity index (χ4n) is 2.78. The number of amides is 1. The number of fused-ring (bicyclic) bond motifs is 1. The fourth-order valence-corrected chi connectivity index (χ4v) is 2.90. The molecule has 2 aromatic carbocycles. The van der Waals surface area contributed by atoms with Gasteiger partial charge in [0.1, 0.15) is 18.1 Å². The molecule has 0 fully saturated rings. The minimum atomic E-state index is -0.122. The molecule has 0 aliphatic heterocycles. The van der Waals surface area contributed by atoms with Crippen LogP contribution >= 0.6 is 11.6 Å². The topological polar surface area (TPSA) is 43.3 Å². The summed E-state index contributed by atoms with van der Waals surface area (Å²) in [7, 11) is 1.90. The third-order valence-corrected chi connectivity index (χ3v) is 4.37. The Labute approximate surface area is 152 Å². The zero-order valence-electron chi connectivity index (χ0n) is 14.5. The number of benzene rings is 2. The fraction of sp³-hybridized carbons (Fsp3) is 0.250. The van der Waals surface area contributed by atoms with Crippen molar-refractivity contribution in [2.75, 3.05) is 6.61 Å². The summed E-state index contributed by atoms with van der Waals surface area (Å²) in [6, 6.07) is 15.1. The lowest BCUT2D eigenvalue weighted by molar-refractivity contribution is 0.0919. The van der Waals surface area contributed by atoms with Crippen molar-refractivity contribution < 1.29 is 9.53 Å². The Morgan fingerprint density at radius 1 is 1.20 bits per heavy atom. The lowest BCUT2D eigenvalue weighted by Crippen LogP contribution is -2.37. The van der Waals surface area contributed by atoms with Gasteiger partial charge in [0.15, 0.2) is 0 Å². The normalized spacial score (nSPS) is 12.2. The second-order valence-corrected chi connectivity index (χ2v) is 6.73. The average molecular weight is 357 g/mol. The van der Waals surface area contributed by atoms with Gasteiger partial charge < -0.3 is 14.6 Å². The summed E-state index contributed by atoms with van der Waals surface area (Å²) >= 11 is 5.85. The molecule has 3 rings (SSSR count). The van der Waals surface area contributed by atoms with Crippen molar-refractivity contribution in [3.63, 3.8) is 0 Å². The second-order valence-electron chi connectivity index (χ2n) is 6.29. The van der Waals surface area contributed by atoms with Crippen LogP contribution in [0.3, 0.4) is 0 Å². The Kier molecular flexibility index (Phi) is 5.00. The summed E-state index contributed by atoms with van der Waals surface area (Å²) in [4.78, 5) is 12.6. The van der Waals surface area contributed by atoms with Crippen molar-refractivity contribution >= 4 is 28.4 Å². The van der Waals surface area contributed by atoms with Gasteiger partial charge in [-0.15, -0.1) is 0 Å². The van der Waals surface area contributed by atoms with Crippen LogP contribution in [0.4, 0.5) is 0 Å². The van der Waals surface area contributed by atoms with E-state index in [1.807, 2.05) is 55.8 Å². The van der Waals surface area contributed by atoms with E-state index in [-0.39, 0.29) is 11.9 Å². The molecule has 5 heteroatoms. The molecule has 1 aromatic heterocycles. The monoisotopic (exact) mass is 356 g/mol. The number of hydrogen-bond acceptors (Lipinski definition) is 2. The van der Waals surface area contributed by atoms with Crippen molar-refractivity contribution in [2.24, 2.45) is 7.05 Å². The Morgan fingerprint density at radius 3 is 2.64 bits per heavy atom. The molecule has 0 radical (unpaired) electrons. The van der Waals surface area contributed by atoms with Crippen molar-refractivity contribution in [3.05, 3.63) is 64.8 Å². The van der Waals surface area contributed by atoms with E-state index in [9.17, 15) is 4.79 Å². The highest BCUT2D eigenvalue weighted by molar-refractivity contribution is 6.30. The number of halogens is 1. The highest BCUT2D eigenvalue weighted by atomic mass is 35.5.